The smallest absolute Gasteiger partial charge is 0.270 e. The number of hydrogen-bond donors (Lipinski definition) is 1. The average Bonchev–Trinajstić information content (AvgIpc) is 3.11. The van der Waals surface area contributed by atoms with Crippen LogP contribution >= 0.6 is 0 Å². The topological polar surface area (TPSA) is 99.9 Å². The normalized spacial score (nSPS) is 16.8. The minimum atomic E-state index is -0.378. The molecule has 4 rings (SSSR count). The van der Waals surface area contributed by atoms with Crippen LogP contribution in [0, 0.1) is 16.0 Å². The van der Waals surface area contributed by atoms with Crippen molar-refractivity contribution < 1.29 is 4.92 Å². The average molecular weight is 367 g/mol. The molecule has 1 fully saturated rings. The lowest BCUT2D eigenvalue weighted by molar-refractivity contribution is -0.384. The lowest BCUT2D eigenvalue weighted by Crippen LogP contribution is -2.20. The number of aromatic nitrogens is 3. The number of rotatable bonds is 4. The van der Waals surface area contributed by atoms with E-state index in [1.807, 2.05) is 11.6 Å². The highest BCUT2D eigenvalue weighted by Crippen LogP contribution is 2.37. The summed E-state index contributed by atoms with van der Waals surface area (Å²) in [5, 5.41) is 17.3. The molecule has 7 heteroatoms. The zero-order valence-electron chi connectivity index (χ0n) is 15.8. The first-order valence-electron chi connectivity index (χ1n) is 9.75. The van der Waals surface area contributed by atoms with Gasteiger partial charge in [0.15, 0.2) is 5.65 Å². The van der Waals surface area contributed by atoms with E-state index in [1.165, 1.54) is 38.2 Å². The number of pyridine rings is 1. The number of hydrogen-bond acceptors (Lipinski definition) is 5. The van der Waals surface area contributed by atoms with Crippen molar-refractivity contribution in [2.75, 3.05) is 5.73 Å². The van der Waals surface area contributed by atoms with Crippen LogP contribution in [0.1, 0.15) is 57.6 Å². The van der Waals surface area contributed by atoms with Gasteiger partial charge < -0.3 is 5.73 Å². The number of non-ortho nitro benzene ring substituents is 1. The summed E-state index contributed by atoms with van der Waals surface area (Å²) in [5.41, 5.74) is 9.36. The van der Waals surface area contributed by atoms with E-state index in [4.69, 9.17) is 10.7 Å². The number of nitrogens with zero attached hydrogens (tertiary/aromatic N) is 4. The fourth-order valence-electron chi connectivity index (χ4n) is 4.41. The summed E-state index contributed by atoms with van der Waals surface area (Å²) in [5.74, 6) is 0.600. The van der Waals surface area contributed by atoms with Crippen molar-refractivity contribution in [2.45, 2.75) is 58.4 Å². The third-order valence-electron chi connectivity index (χ3n) is 6.05. The Morgan fingerprint density at radius 1 is 1.30 bits per heavy atom. The van der Waals surface area contributed by atoms with Gasteiger partial charge in [-0.15, -0.1) is 0 Å². The largest absolute Gasteiger partial charge is 0.398 e. The van der Waals surface area contributed by atoms with Gasteiger partial charge >= 0.3 is 0 Å². The zero-order valence-corrected chi connectivity index (χ0v) is 15.8. The molecule has 0 aliphatic heterocycles. The van der Waals surface area contributed by atoms with Gasteiger partial charge in [0, 0.05) is 17.5 Å². The van der Waals surface area contributed by atoms with Crippen LogP contribution in [0.4, 0.5) is 11.4 Å². The van der Waals surface area contributed by atoms with E-state index in [1.54, 1.807) is 12.3 Å². The van der Waals surface area contributed by atoms with Crippen LogP contribution in [0.5, 0.6) is 0 Å². The molecule has 0 bridgehead atoms. The maximum atomic E-state index is 11.3. The maximum Gasteiger partial charge on any atom is 0.270 e. The highest BCUT2D eigenvalue weighted by atomic mass is 16.6. The van der Waals surface area contributed by atoms with Crippen molar-refractivity contribution in [3.63, 3.8) is 0 Å². The SMILES string of the molecule is CCc1cc([N+](=O)[O-])cc2c(N)c3cnn([C@@H](C)C4CCCCC4)c3nc12. The van der Waals surface area contributed by atoms with E-state index in [0.29, 0.717) is 23.4 Å². The monoisotopic (exact) mass is 367 g/mol. The Hall–Kier alpha value is -2.70. The summed E-state index contributed by atoms with van der Waals surface area (Å²) in [6.45, 7) is 4.18. The predicted molar refractivity (Wildman–Crippen MR) is 107 cm³/mol. The molecule has 1 aliphatic carbocycles. The minimum absolute atomic E-state index is 0.0511. The molecule has 3 aromatic rings. The molecule has 2 N–H and O–H groups in total. The Balaban J connectivity index is 1.91. The van der Waals surface area contributed by atoms with Crippen molar-refractivity contribution >= 4 is 33.3 Å². The highest BCUT2D eigenvalue weighted by Gasteiger charge is 2.25. The molecular formula is C20H25N5O2. The third-order valence-corrected chi connectivity index (χ3v) is 6.05. The third kappa shape index (κ3) is 2.91. The highest BCUT2D eigenvalue weighted by molar-refractivity contribution is 6.06. The van der Waals surface area contributed by atoms with E-state index < -0.39 is 0 Å². The van der Waals surface area contributed by atoms with Crippen LogP contribution in [-0.4, -0.2) is 19.7 Å². The number of nitro groups is 1. The Morgan fingerprint density at radius 3 is 2.70 bits per heavy atom. The van der Waals surface area contributed by atoms with Gasteiger partial charge in [0.2, 0.25) is 0 Å². The Kier molecular flexibility index (Phi) is 4.45. The van der Waals surface area contributed by atoms with E-state index in [0.717, 1.165) is 22.1 Å². The van der Waals surface area contributed by atoms with Crippen LogP contribution in [0.3, 0.4) is 0 Å². The second-order valence-corrected chi connectivity index (χ2v) is 7.60. The fraction of sp³-hybridized carbons (Fsp3) is 0.500. The number of nitrogens with two attached hydrogens (primary N) is 1. The molecule has 2 heterocycles. The van der Waals surface area contributed by atoms with Gasteiger partial charge in [0.25, 0.3) is 5.69 Å². The molecule has 1 aromatic carbocycles. The summed E-state index contributed by atoms with van der Waals surface area (Å²) < 4.78 is 2.00. The van der Waals surface area contributed by atoms with Crippen LogP contribution in [0.25, 0.3) is 21.9 Å². The summed E-state index contributed by atoms with van der Waals surface area (Å²) in [4.78, 5) is 15.8. The number of nitro benzene ring substituents is 1. The summed E-state index contributed by atoms with van der Waals surface area (Å²) in [6, 6.07) is 3.39. The second kappa shape index (κ2) is 6.79. The molecule has 0 unspecified atom stereocenters. The molecule has 0 saturated heterocycles. The summed E-state index contributed by atoms with van der Waals surface area (Å²) in [7, 11) is 0. The first-order valence-corrected chi connectivity index (χ1v) is 9.75. The molecule has 7 nitrogen and oxygen atoms in total. The van der Waals surface area contributed by atoms with Crippen molar-refractivity contribution in [3.05, 3.63) is 34.0 Å². The molecular weight excluding hydrogens is 342 g/mol. The van der Waals surface area contributed by atoms with E-state index in [2.05, 4.69) is 12.0 Å². The molecule has 142 valence electrons. The zero-order chi connectivity index (χ0) is 19.1. The number of benzene rings is 1. The number of nitrogen functional groups attached to an aromatic ring is 1. The Bertz CT molecular complexity index is 1020. The van der Waals surface area contributed by atoms with Crippen LogP contribution < -0.4 is 5.73 Å². The van der Waals surface area contributed by atoms with Crippen molar-refractivity contribution in [3.8, 4) is 0 Å². The number of aryl methyl sites for hydroxylation is 1. The van der Waals surface area contributed by atoms with Crippen molar-refractivity contribution in [2.24, 2.45) is 5.92 Å². The molecule has 1 aliphatic rings. The quantitative estimate of drug-likeness (QED) is 0.528. The molecule has 0 spiro atoms. The van der Waals surface area contributed by atoms with E-state index in [9.17, 15) is 10.1 Å². The van der Waals surface area contributed by atoms with Gasteiger partial charge in [-0.05, 0) is 37.7 Å². The van der Waals surface area contributed by atoms with Gasteiger partial charge in [-0.3, -0.25) is 10.1 Å². The van der Waals surface area contributed by atoms with Crippen LogP contribution in [-0.2, 0) is 6.42 Å². The summed E-state index contributed by atoms with van der Waals surface area (Å²) in [6.07, 6.45) is 8.71. The maximum absolute atomic E-state index is 11.3. The number of fused-ring (bicyclic) bond motifs is 2. The van der Waals surface area contributed by atoms with Crippen LogP contribution in [0.15, 0.2) is 18.3 Å². The molecule has 1 saturated carbocycles. The van der Waals surface area contributed by atoms with Gasteiger partial charge in [0.05, 0.1) is 33.8 Å². The van der Waals surface area contributed by atoms with Crippen LogP contribution in [0.2, 0.25) is 0 Å². The first-order chi connectivity index (χ1) is 13.0. The molecule has 0 radical (unpaired) electrons. The van der Waals surface area contributed by atoms with Gasteiger partial charge in [-0.2, -0.15) is 5.10 Å². The standard InChI is InChI=1S/C20H25N5O2/c1-3-13-9-15(25(26)27)10-16-18(21)17-11-22-24(20(17)23-19(13)16)12(2)14-7-5-4-6-8-14/h9-12,14H,3-8H2,1-2H3,(H2,21,23)/t12-/m0/s1. The van der Waals surface area contributed by atoms with E-state index >= 15 is 0 Å². The van der Waals surface area contributed by atoms with Crippen molar-refractivity contribution in [1.82, 2.24) is 14.8 Å². The van der Waals surface area contributed by atoms with Gasteiger partial charge in [-0.1, -0.05) is 26.2 Å². The Labute approximate surface area is 157 Å². The van der Waals surface area contributed by atoms with Crippen molar-refractivity contribution in [1.29, 1.82) is 0 Å². The van der Waals surface area contributed by atoms with Gasteiger partial charge in [-0.25, -0.2) is 9.67 Å². The molecule has 1 atom stereocenters. The van der Waals surface area contributed by atoms with Gasteiger partial charge in [0.1, 0.15) is 0 Å². The fourth-order valence-corrected chi connectivity index (χ4v) is 4.41. The Morgan fingerprint density at radius 2 is 2.04 bits per heavy atom. The first kappa shape index (κ1) is 17.7. The molecule has 0 amide bonds. The molecule has 2 aromatic heterocycles. The minimum Gasteiger partial charge on any atom is -0.398 e. The lowest BCUT2D eigenvalue weighted by atomic mass is 9.84. The summed E-state index contributed by atoms with van der Waals surface area (Å²) >= 11 is 0. The second-order valence-electron chi connectivity index (χ2n) is 7.60. The van der Waals surface area contributed by atoms with E-state index in [-0.39, 0.29) is 16.7 Å². The predicted octanol–water partition coefficient (Wildman–Crippen LogP) is 4.78. The molecule has 27 heavy (non-hydrogen) atoms. The lowest BCUT2D eigenvalue weighted by Gasteiger charge is -2.28. The number of anilines is 1.